The zero-order valence-corrected chi connectivity index (χ0v) is 21.1. The van der Waals surface area contributed by atoms with Gasteiger partial charge in [-0.3, -0.25) is 9.89 Å². The van der Waals surface area contributed by atoms with Gasteiger partial charge >= 0.3 is 5.97 Å². The predicted octanol–water partition coefficient (Wildman–Crippen LogP) is 7.27. The van der Waals surface area contributed by atoms with Gasteiger partial charge in [0.15, 0.2) is 5.82 Å². The van der Waals surface area contributed by atoms with E-state index in [2.05, 4.69) is 28.6 Å². The number of nitrogens with one attached hydrogen (secondary N) is 1. The highest BCUT2D eigenvalue weighted by molar-refractivity contribution is 6.01. The Kier molecular flexibility index (Phi) is 5.08. The number of hydrogen-bond acceptors (Lipinski definition) is 2. The summed E-state index contributed by atoms with van der Waals surface area (Å²) in [4.78, 5) is 11.1. The Morgan fingerprint density at radius 3 is 2.56 bits per heavy atom. The van der Waals surface area contributed by atoms with Gasteiger partial charge in [0, 0.05) is 28.6 Å². The van der Waals surface area contributed by atoms with E-state index in [0.717, 1.165) is 59.2 Å². The molecular weight excluding hydrogens is 460 g/mol. The minimum absolute atomic E-state index is 0.118. The molecule has 2 aromatic carbocycles. The van der Waals surface area contributed by atoms with Crippen LogP contribution in [0.3, 0.4) is 0 Å². The molecular formula is C29H31F2N3O2. The molecule has 7 heteroatoms. The van der Waals surface area contributed by atoms with Crippen LogP contribution in [-0.2, 0) is 4.79 Å². The number of aliphatic carboxylic acids is 1. The molecule has 0 unspecified atom stereocenters. The third-order valence-electron chi connectivity index (χ3n) is 8.62. The van der Waals surface area contributed by atoms with Crippen LogP contribution < -0.4 is 0 Å². The molecule has 0 atom stereocenters. The van der Waals surface area contributed by atoms with Gasteiger partial charge in [0.2, 0.25) is 0 Å². The largest absolute Gasteiger partial charge is 0.481 e. The van der Waals surface area contributed by atoms with E-state index in [1.165, 1.54) is 6.07 Å². The Balaban J connectivity index is 1.54. The first kappa shape index (κ1) is 23.2. The smallest absolute Gasteiger partial charge is 0.303 e. The minimum Gasteiger partial charge on any atom is -0.481 e. The minimum atomic E-state index is -0.730. The molecule has 4 aromatic rings. The van der Waals surface area contributed by atoms with E-state index in [1.807, 2.05) is 19.1 Å². The average molecular weight is 492 g/mol. The van der Waals surface area contributed by atoms with Crippen LogP contribution in [0.1, 0.15) is 80.3 Å². The Morgan fingerprint density at radius 2 is 1.92 bits per heavy atom. The third kappa shape index (κ3) is 3.31. The summed E-state index contributed by atoms with van der Waals surface area (Å²) in [6.45, 7) is 7.87. The second kappa shape index (κ2) is 7.89. The fourth-order valence-corrected chi connectivity index (χ4v) is 7.15. The quantitative estimate of drug-likeness (QED) is 0.308. The molecule has 36 heavy (non-hydrogen) atoms. The van der Waals surface area contributed by atoms with E-state index < -0.39 is 5.97 Å². The Labute approximate surface area is 208 Å². The number of rotatable bonds is 5. The number of carboxylic acid groups (broad SMARTS) is 1. The van der Waals surface area contributed by atoms with Crippen LogP contribution in [0.25, 0.3) is 27.5 Å². The molecule has 2 aliphatic rings. The van der Waals surface area contributed by atoms with Crippen LogP contribution >= 0.6 is 0 Å². The lowest BCUT2D eigenvalue weighted by Crippen LogP contribution is -2.47. The zero-order chi connectivity index (χ0) is 25.5. The number of fused-ring (bicyclic) bond motifs is 2. The standard InChI is InChI=1S/C29H31F2N3O2/c1-14(2)28-24(18-12-29(13-18)10-17(11-29)8-23(35)36)25-22(9-20-16(4)32-33-27(20)26(25)31)34(28)19-5-6-21(30)15(3)7-19/h5-7,9,14,17-18H,8,10-13H2,1-4H3,(H,32,33)(H,35,36). The summed E-state index contributed by atoms with van der Waals surface area (Å²) in [6.07, 6.45) is 4.01. The normalized spacial score (nSPS) is 23.5. The SMILES string of the molecule is Cc1cc(-n2c(C(C)C)c(C3CC4(CC(CC(=O)O)C4)C3)c3c(F)c4[nH]nc(C)c4cc32)ccc1F. The molecule has 0 saturated heterocycles. The number of halogens is 2. The lowest BCUT2D eigenvalue weighted by atomic mass is 9.46. The average Bonchev–Trinajstić information content (AvgIpc) is 3.30. The molecule has 2 heterocycles. The molecule has 0 bridgehead atoms. The lowest BCUT2D eigenvalue weighted by molar-refractivity contribution is -0.141. The number of H-pyrrole nitrogens is 1. The first-order valence-electron chi connectivity index (χ1n) is 12.8. The van der Waals surface area contributed by atoms with Gasteiger partial charge in [-0.15, -0.1) is 0 Å². The Morgan fingerprint density at radius 1 is 1.19 bits per heavy atom. The van der Waals surface area contributed by atoms with E-state index in [9.17, 15) is 9.18 Å². The lowest BCUT2D eigenvalue weighted by Gasteiger charge is -2.58. The maximum Gasteiger partial charge on any atom is 0.303 e. The number of nitrogens with zero attached hydrogens (tertiary/aromatic N) is 2. The van der Waals surface area contributed by atoms with E-state index in [4.69, 9.17) is 5.11 Å². The van der Waals surface area contributed by atoms with Crippen molar-refractivity contribution in [3.8, 4) is 5.69 Å². The fourth-order valence-electron chi connectivity index (χ4n) is 7.15. The number of hydrogen-bond donors (Lipinski definition) is 2. The van der Waals surface area contributed by atoms with Gasteiger partial charge in [-0.25, -0.2) is 8.78 Å². The van der Waals surface area contributed by atoms with Crippen LogP contribution in [0.2, 0.25) is 0 Å². The molecule has 6 rings (SSSR count). The molecule has 0 amide bonds. The third-order valence-corrected chi connectivity index (χ3v) is 8.62. The maximum absolute atomic E-state index is 16.3. The van der Waals surface area contributed by atoms with Crippen molar-refractivity contribution < 1.29 is 18.7 Å². The summed E-state index contributed by atoms with van der Waals surface area (Å²) < 4.78 is 32.6. The number of aryl methyl sites for hydroxylation is 2. The van der Waals surface area contributed by atoms with Crippen LogP contribution in [0.4, 0.5) is 8.78 Å². The Bertz CT molecular complexity index is 1530. The van der Waals surface area contributed by atoms with Gasteiger partial charge in [0.1, 0.15) is 11.3 Å². The van der Waals surface area contributed by atoms with Crippen molar-refractivity contribution >= 4 is 27.8 Å². The van der Waals surface area contributed by atoms with Gasteiger partial charge in [-0.2, -0.15) is 5.10 Å². The van der Waals surface area contributed by atoms with Crippen LogP contribution in [-0.4, -0.2) is 25.8 Å². The number of carboxylic acids is 1. The Hall–Kier alpha value is -3.22. The van der Waals surface area contributed by atoms with Gasteiger partial charge in [0.25, 0.3) is 0 Å². The van der Waals surface area contributed by atoms with E-state index in [0.29, 0.717) is 16.5 Å². The first-order valence-corrected chi connectivity index (χ1v) is 12.8. The van der Waals surface area contributed by atoms with Crippen molar-refractivity contribution in [1.82, 2.24) is 14.8 Å². The monoisotopic (exact) mass is 491 g/mol. The van der Waals surface area contributed by atoms with Gasteiger partial charge in [0.05, 0.1) is 11.2 Å². The van der Waals surface area contributed by atoms with Gasteiger partial charge < -0.3 is 9.67 Å². The predicted molar refractivity (Wildman–Crippen MR) is 136 cm³/mol. The summed E-state index contributed by atoms with van der Waals surface area (Å²) in [5.41, 5.74) is 5.61. The highest BCUT2D eigenvalue weighted by atomic mass is 19.1. The van der Waals surface area contributed by atoms with E-state index in [1.54, 1.807) is 13.0 Å². The molecule has 5 nitrogen and oxygen atoms in total. The molecule has 188 valence electrons. The number of benzene rings is 2. The fraction of sp³-hybridized carbons (Fsp3) is 0.448. The van der Waals surface area contributed by atoms with Crippen LogP contribution in [0, 0.1) is 36.8 Å². The van der Waals surface area contributed by atoms with Gasteiger partial charge in [-0.1, -0.05) is 13.8 Å². The second-order valence-electron chi connectivity index (χ2n) is 11.5. The van der Waals surface area contributed by atoms with Crippen molar-refractivity contribution in [2.24, 2.45) is 11.3 Å². The topological polar surface area (TPSA) is 70.9 Å². The summed E-state index contributed by atoms with van der Waals surface area (Å²) in [5, 5.41) is 17.7. The molecule has 2 N–H and O–H groups in total. The number of aromatic nitrogens is 3. The maximum atomic E-state index is 16.3. The zero-order valence-electron chi connectivity index (χ0n) is 21.1. The van der Waals surface area contributed by atoms with Crippen LogP contribution in [0.15, 0.2) is 24.3 Å². The molecule has 0 radical (unpaired) electrons. The molecule has 0 aliphatic heterocycles. The molecule has 2 fully saturated rings. The summed E-state index contributed by atoms with van der Waals surface area (Å²) in [6, 6.07) is 7.10. The summed E-state index contributed by atoms with van der Waals surface area (Å²) >= 11 is 0. The molecule has 2 aliphatic carbocycles. The van der Waals surface area contributed by atoms with Crippen LogP contribution in [0.5, 0.6) is 0 Å². The second-order valence-corrected chi connectivity index (χ2v) is 11.5. The van der Waals surface area contributed by atoms with Crippen molar-refractivity contribution in [1.29, 1.82) is 0 Å². The van der Waals surface area contributed by atoms with Crippen molar-refractivity contribution in [3.63, 3.8) is 0 Å². The number of carbonyl (C=O) groups is 1. The van der Waals surface area contributed by atoms with E-state index in [-0.39, 0.29) is 41.2 Å². The van der Waals surface area contributed by atoms with Crippen molar-refractivity contribution in [2.75, 3.05) is 0 Å². The van der Waals surface area contributed by atoms with Gasteiger partial charge in [-0.05, 0) is 98.1 Å². The molecule has 2 saturated carbocycles. The first-order chi connectivity index (χ1) is 17.1. The highest BCUT2D eigenvalue weighted by Crippen LogP contribution is 2.66. The van der Waals surface area contributed by atoms with Crippen molar-refractivity contribution in [3.05, 3.63) is 58.4 Å². The molecule has 2 aromatic heterocycles. The molecule has 1 spiro atoms. The summed E-state index contributed by atoms with van der Waals surface area (Å²) in [7, 11) is 0. The highest BCUT2D eigenvalue weighted by Gasteiger charge is 2.54. The summed E-state index contributed by atoms with van der Waals surface area (Å²) in [5.74, 6) is -0.701. The van der Waals surface area contributed by atoms with E-state index >= 15 is 4.39 Å². The number of aromatic amines is 1. The van der Waals surface area contributed by atoms with Crippen molar-refractivity contribution in [2.45, 2.75) is 71.6 Å².